The van der Waals surface area contributed by atoms with E-state index >= 15 is 0 Å². The summed E-state index contributed by atoms with van der Waals surface area (Å²) in [7, 11) is 0. The van der Waals surface area contributed by atoms with Crippen LogP contribution in [0.25, 0.3) is 0 Å². The lowest BCUT2D eigenvalue weighted by Gasteiger charge is -2.17. The Bertz CT molecular complexity index is 798. The van der Waals surface area contributed by atoms with Crippen molar-refractivity contribution in [1.29, 1.82) is 0 Å². The Labute approximate surface area is 161 Å². The summed E-state index contributed by atoms with van der Waals surface area (Å²) in [5.74, 6) is -0.437. The fourth-order valence-corrected chi connectivity index (χ4v) is 2.79. The molecule has 27 heavy (non-hydrogen) atoms. The number of nitrogens with one attached hydrogen (secondary N) is 1. The van der Waals surface area contributed by atoms with Crippen LogP contribution in [-0.4, -0.2) is 34.9 Å². The van der Waals surface area contributed by atoms with Gasteiger partial charge in [0.25, 0.3) is 11.6 Å². The third kappa shape index (κ3) is 6.41. The average molecular weight is 388 g/mol. The van der Waals surface area contributed by atoms with E-state index in [0.29, 0.717) is 12.2 Å². The summed E-state index contributed by atoms with van der Waals surface area (Å²) in [4.78, 5) is 35.1. The van der Waals surface area contributed by atoms with E-state index in [1.807, 2.05) is 36.6 Å². The molecular formula is C19H20N2O5S. The van der Waals surface area contributed by atoms with Gasteiger partial charge in [-0.05, 0) is 30.1 Å². The van der Waals surface area contributed by atoms with Crippen molar-refractivity contribution in [1.82, 2.24) is 5.32 Å². The van der Waals surface area contributed by atoms with E-state index in [1.54, 1.807) is 11.8 Å². The summed E-state index contributed by atoms with van der Waals surface area (Å²) in [6.45, 7) is 0.113. The molecular weight excluding hydrogens is 368 g/mol. The maximum absolute atomic E-state index is 12.4. The van der Waals surface area contributed by atoms with E-state index < -0.39 is 22.8 Å². The second kappa shape index (κ2) is 10.3. The highest BCUT2D eigenvalue weighted by atomic mass is 32.2. The van der Waals surface area contributed by atoms with Gasteiger partial charge >= 0.3 is 5.97 Å². The number of thioether (sulfide) groups is 1. The zero-order valence-electron chi connectivity index (χ0n) is 14.8. The van der Waals surface area contributed by atoms with E-state index in [9.17, 15) is 19.7 Å². The number of amides is 1. The zero-order valence-corrected chi connectivity index (χ0v) is 15.6. The molecule has 1 unspecified atom stereocenters. The van der Waals surface area contributed by atoms with Gasteiger partial charge in [0, 0.05) is 17.7 Å². The van der Waals surface area contributed by atoms with E-state index in [2.05, 4.69) is 5.32 Å². The molecule has 2 aromatic carbocycles. The first-order valence-corrected chi connectivity index (χ1v) is 9.65. The number of nitro benzene ring substituents is 1. The molecule has 0 radical (unpaired) electrons. The molecule has 8 heteroatoms. The van der Waals surface area contributed by atoms with Crippen molar-refractivity contribution in [3.8, 4) is 0 Å². The van der Waals surface area contributed by atoms with Crippen LogP contribution in [0, 0.1) is 10.1 Å². The van der Waals surface area contributed by atoms with E-state index in [4.69, 9.17) is 4.74 Å². The third-order valence-electron chi connectivity index (χ3n) is 3.74. The summed E-state index contributed by atoms with van der Waals surface area (Å²) < 4.78 is 5.31. The van der Waals surface area contributed by atoms with Gasteiger partial charge in [0.1, 0.15) is 12.6 Å². The zero-order chi connectivity index (χ0) is 19.6. The Kier molecular flexibility index (Phi) is 7.81. The first-order chi connectivity index (χ1) is 13.0. The minimum absolute atomic E-state index is 0.113. The van der Waals surface area contributed by atoms with Crippen LogP contribution >= 0.6 is 11.8 Å². The highest BCUT2D eigenvalue weighted by Gasteiger charge is 2.23. The number of esters is 1. The van der Waals surface area contributed by atoms with Crippen LogP contribution in [0.5, 0.6) is 0 Å². The molecule has 0 aliphatic heterocycles. The van der Waals surface area contributed by atoms with Crippen molar-refractivity contribution in [2.24, 2.45) is 0 Å². The maximum Gasteiger partial charge on any atom is 0.329 e. The van der Waals surface area contributed by atoms with Crippen molar-refractivity contribution in [2.75, 3.05) is 12.0 Å². The fraction of sp³-hybridized carbons (Fsp3) is 0.263. The lowest BCUT2D eigenvalue weighted by Crippen LogP contribution is -2.42. The molecule has 0 saturated carbocycles. The van der Waals surface area contributed by atoms with Crippen LogP contribution in [0.1, 0.15) is 22.3 Å². The normalized spacial score (nSPS) is 11.4. The summed E-state index contributed by atoms with van der Waals surface area (Å²) in [5.41, 5.74) is 0.781. The molecule has 2 aromatic rings. The van der Waals surface area contributed by atoms with Crippen LogP contribution in [0.4, 0.5) is 5.69 Å². The molecule has 0 aliphatic rings. The second-order valence-corrected chi connectivity index (χ2v) is 6.69. The molecule has 0 aromatic heterocycles. The van der Waals surface area contributed by atoms with Crippen LogP contribution in [0.2, 0.25) is 0 Å². The van der Waals surface area contributed by atoms with Crippen LogP contribution in [0.3, 0.4) is 0 Å². The summed E-state index contributed by atoms with van der Waals surface area (Å²) in [6, 6.07) is 13.8. The number of non-ortho nitro benzene ring substituents is 1. The van der Waals surface area contributed by atoms with E-state index in [1.165, 1.54) is 24.3 Å². The van der Waals surface area contributed by atoms with Gasteiger partial charge in [-0.15, -0.1) is 0 Å². The molecule has 0 aliphatic carbocycles. The molecule has 1 amide bonds. The lowest BCUT2D eigenvalue weighted by atomic mass is 10.1. The monoisotopic (exact) mass is 388 g/mol. The molecule has 0 saturated heterocycles. The minimum atomic E-state index is -0.826. The predicted molar refractivity (Wildman–Crippen MR) is 104 cm³/mol. The molecule has 0 bridgehead atoms. The van der Waals surface area contributed by atoms with Gasteiger partial charge in [0.15, 0.2) is 0 Å². The smallest absolute Gasteiger partial charge is 0.329 e. The topological polar surface area (TPSA) is 98.5 Å². The van der Waals surface area contributed by atoms with Crippen LogP contribution in [0.15, 0.2) is 54.6 Å². The van der Waals surface area contributed by atoms with Gasteiger partial charge in [-0.2, -0.15) is 11.8 Å². The Morgan fingerprint density at radius 1 is 1.19 bits per heavy atom. The summed E-state index contributed by atoms with van der Waals surface area (Å²) in [6.07, 6.45) is 2.30. The Morgan fingerprint density at radius 2 is 1.93 bits per heavy atom. The minimum Gasteiger partial charge on any atom is -0.459 e. The maximum atomic E-state index is 12.4. The second-order valence-electron chi connectivity index (χ2n) is 5.71. The number of ether oxygens (including phenoxy) is 1. The molecule has 1 atom stereocenters. The molecule has 0 fully saturated rings. The van der Waals surface area contributed by atoms with Gasteiger partial charge < -0.3 is 10.1 Å². The van der Waals surface area contributed by atoms with Gasteiger partial charge in [-0.3, -0.25) is 14.9 Å². The summed E-state index contributed by atoms with van der Waals surface area (Å²) in [5, 5.41) is 13.5. The number of nitro groups is 1. The molecule has 0 heterocycles. The highest BCUT2D eigenvalue weighted by molar-refractivity contribution is 7.98. The van der Waals surface area contributed by atoms with Crippen molar-refractivity contribution >= 4 is 29.3 Å². The third-order valence-corrected chi connectivity index (χ3v) is 4.39. The number of carbonyl (C=O) groups excluding carboxylic acids is 2. The Hall–Kier alpha value is -2.87. The van der Waals surface area contributed by atoms with Crippen molar-refractivity contribution in [3.63, 3.8) is 0 Å². The number of hydrogen-bond acceptors (Lipinski definition) is 6. The van der Waals surface area contributed by atoms with Gasteiger partial charge in [-0.25, -0.2) is 4.79 Å². The van der Waals surface area contributed by atoms with Crippen molar-refractivity contribution < 1.29 is 19.2 Å². The van der Waals surface area contributed by atoms with Gasteiger partial charge in [0.05, 0.1) is 4.92 Å². The number of hydrogen-bond donors (Lipinski definition) is 1. The standard InChI is InChI=1S/C19H20N2O5S/c1-27-11-10-17(19(23)26-13-14-6-3-2-4-7-14)20-18(22)15-8-5-9-16(12-15)21(24)25/h2-9,12,17H,10-11,13H2,1H3,(H,20,22). The van der Waals surface area contributed by atoms with Crippen LogP contribution < -0.4 is 5.32 Å². The van der Waals surface area contributed by atoms with Crippen LogP contribution in [-0.2, 0) is 16.1 Å². The highest BCUT2D eigenvalue weighted by Crippen LogP contribution is 2.14. The largest absolute Gasteiger partial charge is 0.459 e. The Morgan fingerprint density at radius 3 is 2.59 bits per heavy atom. The fourth-order valence-electron chi connectivity index (χ4n) is 2.32. The van der Waals surface area contributed by atoms with Crippen molar-refractivity contribution in [2.45, 2.75) is 19.1 Å². The summed E-state index contributed by atoms with van der Waals surface area (Å²) >= 11 is 1.54. The first kappa shape index (κ1) is 20.4. The SMILES string of the molecule is CSCCC(NC(=O)c1cccc([N+](=O)[O-])c1)C(=O)OCc1ccccc1. The average Bonchev–Trinajstić information content (AvgIpc) is 2.70. The number of benzene rings is 2. The van der Waals surface area contributed by atoms with Gasteiger partial charge in [-0.1, -0.05) is 36.4 Å². The van der Waals surface area contributed by atoms with Gasteiger partial charge in [0.2, 0.25) is 0 Å². The predicted octanol–water partition coefficient (Wildman–Crippen LogP) is 3.19. The number of nitrogens with zero attached hydrogens (tertiary/aromatic N) is 1. The van der Waals surface area contributed by atoms with E-state index in [-0.39, 0.29) is 17.9 Å². The molecule has 7 nitrogen and oxygen atoms in total. The number of carbonyl (C=O) groups is 2. The lowest BCUT2D eigenvalue weighted by molar-refractivity contribution is -0.384. The van der Waals surface area contributed by atoms with Crippen molar-refractivity contribution in [3.05, 3.63) is 75.8 Å². The Balaban J connectivity index is 2.04. The first-order valence-electron chi connectivity index (χ1n) is 8.26. The number of rotatable bonds is 9. The molecule has 2 rings (SSSR count). The van der Waals surface area contributed by atoms with E-state index in [0.717, 1.165) is 5.56 Å². The molecule has 142 valence electrons. The quantitative estimate of drug-likeness (QED) is 0.402. The molecule has 0 spiro atoms. The molecule has 1 N–H and O–H groups in total.